The molecule has 2 heterocycles. The number of hydrogen-bond donors (Lipinski definition) is 4. The Labute approximate surface area is 227 Å². The number of aryl methyl sites for hydroxylation is 2. The van der Waals surface area contributed by atoms with Crippen molar-refractivity contribution in [2.45, 2.75) is 19.8 Å². The van der Waals surface area contributed by atoms with Gasteiger partial charge in [-0.1, -0.05) is 88.2 Å². The van der Waals surface area contributed by atoms with Crippen molar-refractivity contribution in [2.75, 3.05) is 6.61 Å². The Morgan fingerprint density at radius 2 is 1.29 bits per heavy atom. The summed E-state index contributed by atoms with van der Waals surface area (Å²) in [6.07, 6.45) is 1.66. The number of aromatic amines is 4. The number of rotatable bonds is 8. The van der Waals surface area contributed by atoms with Crippen molar-refractivity contribution >= 4 is 15.9 Å². The minimum absolute atomic E-state index is 0.268. The molecule has 38 heavy (non-hydrogen) atoms. The first kappa shape index (κ1) is 25.4. The van der Waals surface area contributed by atoms with Gasteiger partial charge in [0, 0.05) is 10.0 Å². The second-order valence-electron chi connectivity index (χ2n) is 9.18. The van der Waals surface area contributed by atoms with Crippen molar-refractivity contribution in [2.24, 2.45) is 0 Å². The average Bonchev–Trinajstić information content (AvgIpc) is 3.48. The van der Waals surface area contributed by atoms with E-state index in [2.05, 4.69) is 42.9 Å². The van der Waals surface area contributed by atoms with Gasteiger partial charge < -0.3 is 4.74 Å². The molecule has 0 fully saturated rings. The minimum atomic E-state index is -0.773. The predicted octanol–water partition coefficient (Wildman–Crippen LogP) is 6.18. The Hall–Kier alpha value is -4.30. The molecule has 8 heteroatoms. The van der Waals surface area contributed by atoms with Gasteiger partial charge in [0.1, 0.15) is 12.4 Å². The van der Waals surface area contributed by atoms with E-state index in [0.29, 0.717) is 33.8 Å². The van der Waals surface area contributed by atoms with E-state index in [4.69, 9.17) is 4.74 Å². The van der Waals surface area contributed by atoms with Crippen LogP contribution >= 0.6 is 15.9 Å². The third-order valence-electron chi connectivity index (χ3n) is 6.53. The molecule has 0 radical (unpaired) electrons. The molecule has 0 saturated carbocycles. The molecule has 5 aromatic rings. The van der Waals surface area contributed by atoms with Crippen molar-refractivity contribution in [1.29, 1.82) is 0 Å². The fourth-order valence-electron chi connectivity index (χ4n) is 4.66. The van der Waals surface area contributed by atoms with Gasteiger partial charge in [-0.15, -0.1) is 0 Å². The molecule has 2 aromatic heterocycles. The molecule has 7 nitrogen and oxygen atoms in total. The van der Waals surface area contributed by atoms with Gasteiger partial charge in [-0.3, -0.25) is 30.0 Å². The van der Waals surface area contributed by atoms with Crippen LogP contribution < -0.4 is 15.9 Å². The first-order valence-corrected chi connectivity index (χ1v) is 12.9. The standard InChI is InChI=1S/C30H27BrN4O3/c1-4-15-38-23-14-13-21(31)16-22(23)24(25-27(32-34-29(25)36)19-9-5-17(2)6-10-19)26-28(33-35-30(26)37)20-11-7-18(3)8-12-20/h4-14,16,24H,1,15H2,2-3H3,(H2,32,34,36)(H2,33,35,37). The maximum Gasteiger partial charge on any atom is 0.268 e. The number of halogens is 1. The Kier molecular flexibility index (Phi) is 7.07. The van der Waals surface area contributed by atoms with Gasteiger partial charge in [-0.2, -0.15) is 0 Å². The quantitative estimate of drug-likeness (QED) is 0.167. The van der Waals surface area contributed by atoms with Crippen molar-refractivity contribution in [3.05, 3.63) is 132 Å². The summed E-state index contributed by atoms with van der Waals surface area (Å²) in [7, 11) is 0. The lowest BCUT2D eigenvalue weighted by molar-refractivity contribution is 0.358. The molecule has 0 atom stereocenters. The molecule has 192 valence electrons. The van der Waals surface area contributed by atoms with Crippen LogP contribution in [0.4, 0.5) is 0 Å². The molecule has 0 aliphatic rings. The summed E-state index contributed by atoms with van der Waals surface area (Å²) in [5.74, 6) is -0.228. The SMILES string of the molecule is C=CCOc1ccc(Br)cc1C(c1c(-c2ccc(C)cc2)[nH][nH]c1=O)c1c(-c2ccc(C)cc2)[nH][nH]c1=O. The summed E-state index contributed by atoms with van der Waals surface area (Å²) in [6.45, 7) is 8.04. The van der Waals surface area contributed by atoms with Crippen LogP contribution in [0.15, 0.2) is 93.4 Å². The largest absolute Gasteiger partial charge is 0.489 e. The van der Waals surface area contributed by atoms with Crippen molar-refractivity contribution in [3.63, 3.8) is 0 Å². The number of H-pyrrole nitrogens is 4. The van der Waals surface area contributed by atoms with E-state index >= 15 is 0 Å². The first-order valence-electron chi connectivity index (χ1n) is 12.2. The lowest BCUT2D eigenvalue weighted by Gasteiger charge is -2.21. The Morgan fingerprint density at radius 3 is 1.76 bits per heavy atom. The lowest BCUT2D eigenvalue weighted by Crippen LogP contribution is -2.21. The van der Waals surface area contributed by atoms with Crippen LogP contribution in [0.1, 0.15) is 33.7 Å². The fourth-order valence-corrected chi connectivity index (χ4v) is 5.04. The minimum Gasteiger partial charge on any atom is -0.489 e. The average molecular weight is 571 g/mol. The molecule has 0 spiro atoms. The summed E-state index contributed by atoms with van der Waals surface area (Å²) < 4.78 is 6.83. The van der Waals surface area contributed by atoms with Crippen molar-refractivity contribution in [1.82, 2.24) is 20.4 Å². The first-order chi connectivity index (χ1) is 18.4. The van der Waals surface area contributed by atoms with Crippen LogP contribution in [0.25, 0.3) is 22.5 Å². The topological polar surface area (TPSA) is 107 Å². The predicted molar refractivity (Wildman–Crippen MR) is 154 cm³/mol. The second-order valence-corrected chi connectivity index (χ2v) is 10.1. The van der Waals surface area contributed by atoms with E-state index in [1.165, 1.54) is 0 Å². The lowest BCUT2D eigenvalue weighted by atomic mass is 9.82. The monoisotopic (exact) mass is 570 g/mol. The maximum absolute atomic E-state index is 13.5. The van der Waals surface area contributed by atoms with E-state index in [1.807, 2.05) is 80.6 Å². The third-order valence-corrected chi connectivity index (χ3v) is 7.02. The molecule has 0 aliphatic carbocycles. The molecule has 4 N–H and O–H groups in total. The van der Waals surface area contributed by atoms with Gasteiger partial charge in [0.2, 0.25) is 0 Å². The normalized spacial score (nSPS) is 11.2. The van der Waals surface area contributed by atoms with Gasteiger partial charge in [-0.25, -0.2) is 0 Å². The van der Waals surface area contributed by atoms with Crippen molar-refractivity contribution in [3.8, 4) is 28.3 Å². The van der Waals surface area contributed by atoms with E-state index < -0.39 is 5.92 Å². The molecule has 3 aromatic carbocycles. The zero-order valence-corrected chi connectivity index (χ0v) is 22.6. The van der Waals surface area contributed by atoms with Gasteiger partial charge in [0.15, 0.2) is 0 Å². The smallest absolute Gasteiger partial charge is 0.268 e. The summed E-state index contributed by atoms with van der Waals surface area (Å²) in [5, 5.41) is 11.6. The number of benzene rings is 3. The highest BCUT2D eigenvalue weighted by Gasteiger charge is 2.33. The van der Waals surface area contributed by atoms with Crippen LogP contribution in [0.3, 0.4) is 0 Å². The van der Waals surface area contributed by atoms with E-state index in [-0.39, 0.29) is 17.7 Å². The molecule has 0 saturated heterocycles. The molecule has 0 bridgehead atoms. The molecule has 5 rings (SSSR count). The van der Waals surface area contributed by atoms with Gasteiger partial charge in [0.25, 0.3) is 11.1 Å². The Morgan fingerprint density at radius 1 is 0.789 bits per heavy atom. The van der Waals surface area contributed by atoms with Crippen LogP contribution in [-0.2, 0) is 0 Å². The Bertz CT molecular complexity index is 1610. The van der Waals surface area contributed by atoms with Crippen molar-refractivity contribution < 1.29 is 4.74 Å². The maximum atomic E-state index is 13.5. The van der Waals surface area contributed by atoms with Crippen LogP contribution in [-0.4, -0.2) is 27.0 Å². The van der Waals surface area contributed by atoms with E-state index in [0.717, 1.165) is 26.7 Å². The second kappa shape index (κ2) is 10.6. The molecular weight excluding hydrogens is 544 g/mol. The summed E-state index contributed by atoms with van der Waals surface area (Å²) in [4.78, 5) is 27.1. The third kappa shape index (κ3) is 4.82. The van der Waals surface area contributed by atoms with Gasteiger partial charge in [-0.05, 0) is 43.2 Å². The number of aromatic nitrogens is 4. The fraction of sp³-hybridized carbons (Fsp3) is 0.133. The van der Waals surface area contributed by atoms with E-state index in [9.17, 15) is 9.59 Å². The molecule has 0 aliphatic heterocycles. The Balaban J connectivity index is 1.84. The zero-order chi connectivity index (χ0) is 26.8. The highest BCUT2D eigenvalue weighted by Crippen LogP contribution is 2.42. The zero-order valence-electron chi connectivity index (χ0n) is 21.0. The number of hydrogen-bond acceptors (Lipinski definition) is 3. The van der Waals surface area contributed by atoms with Gasteiger partial charge in [0.05, 0.1) is 28.4 Å². The number of nitrogens with one attached hydrogen (secondary N) is 4. The van der Waals surface area contributed by atoms with Crippen LogP contribution in [0, 0.1) is 13.8 Å². The van der Waals surface area contributed by atoms with Crippen LogP contribution in [0.5, 0.6) is 5.75 Å². The molecular formula is C30H27BrN4O3. The molecule has 0 amide bonds. The van der Waals surface area contributed by atoms with Crippen LogP contribution in [0.2, 0.25) is 0 Å². The van der Waals surface area contributed by atoms with Gasteiger partial charge >= 0.3 is 0 Å². The molecule has 0 unspecified atom stereocenters. The highest BCUT2D eigenvalue weighted by atomic mass is 79.9. The highest BCUT2D eigenvalue weighted by molar-refractivity contribution is 9.10. The van der Waals surface area contributed by atoms with E-state index in [1.54, 1.807) is 6.08 Å². The summed E-state index contributed by atoms with van der Waals surface area (Å²) >= 11 is 3.58. The summed E-state index contributed by atoms with van der Waals surface area (Å²) in [5.41, 5.74) is 5.88. The number of ether oxygens (including phenoxy) is 1. The summed E-state index contributed by atoms with van der Waals surface area (Å²) in [6, 6.07) is 21.3.